The van der Waals surface area contributed by atoms with E-state index in [1.165, 1.54) is 0 Å². The Kier molecular flexibility index (Phi) is 3.32. The van der Waals surface area contributed by atoms with Crippen LogP contribution in [0.3, 0.4) is 0 Å². The normalized spacial score (nSPS) is 21.0. The largest absolute Gasteiger partial charge is 0.354 e. The number of carbonyl (C=O) groups is 1. The molecular formula is C9H13BrN2O. The number of amides is 1. The van der Waals surface area contributed by atoms with Crippen molar-refractivity contribution in [2.45, 2.75) is 30.5 Å². The van der Waals surface area contributed by atoms with Crippen LogP contribution in [0.5, 0.6) is 0 Å². The van der Waals surface area contributed by atoms with E-state index in [4.69, 9.17) is 5.26 Å². The molecule has 1 rings (SSSR count). The van der Waals surface area contributed by atoms with Crippen LogP contribution in [0.25, 0.3) is 0 Å². The molecule has 3 nitrogen and oxygen atoms in total. The number of alkyl halides is 1. The van der Waals surface area contributed by atoms with Gasteiger partial charge in [0.05, 0.1) is 12.0 Å². The highest BCUT2D eigenvalue weighted by Gasteiger charge is 2.41. The van der Waals surface area contributed by atoms with Crippen molar-refractivity contribution in [3.8, 4) is 6.07 Å². The first kappa shape index (κ1) is 10.5. The lowest BCUT2D eigenvalue weighted by Gasteiger charge is -2.34. The summed E-state index contributed by atoms with van der Waals surface area (Å²) in [6.45, 7) is 2.24. The molecule has 0 bridgehead atoms. The van der Waals surface area contributed by atoms with Crippen molar-refractivity contribution < 1.29 is 4.79 Å². The van der Waals surface area contributed by atoms with E-state index in [0.29, 0.717) is 6.54 Å². The molecule has 0 heterocycles. The molecule has 0 saturated heterocycles. The number of carbonyl (C=O) groups excluding carboxylic acids is 1. The van der Waals surface area contributed by atoms with Crippen molar-refractivity contribution in [3.63, 3.8) is 0 Å². The molecule has 0 spiro atoms. The monoisotopic (exact) mass is 244 g/mol. The van der Waals surface area contributed by atoms with Crippen LogP contribution in [0.15, 0.2) is 0 Å². The minimum Gasteiger partial charge on any atom is -0.354 e. The van der Waals surface area contributed by atoms with Gasteiger partial charge in [0, 0.05) is 6.54 Å². The second-order valence-corrected chi connectivity index (χ2v) is 5.08. The number of hydrogen-bond acceptors (Lipinski definition) is 2. The summed E-state index contributed by atoms with van der Waals surface area (Å²) in [6, 6.07) is 2.08. The summed E-state index contributed by atoms with van der Waals surface area (Å²) in [7, 11) is 0. The molecule has 1 aliphatic rings. The fraction of sp³-hybridized carbons (Fsp3) is 0.778. The maximum Gasteiger partial charge on any atom is 0.236 e. The van der Waals surface area contributed by atoms with E-state index in [-0.39, 0.29) is 16.1 Å². The third kappa shape index (κ3) is 2.44. The summed E-state index contributed by atoms with van der Waals surface area (Å²) < 4.78 is -0.331. The van der Waals surface area contributed by atoms with Gasteiger partial charge in [0.2, 0.25) is 5.91 Å². The summed E-state index contributed by atoms with van der Waals surface area (Å²) >= 11 is 3.41. The molecule has 13 heavy (non-hydrogen) atoms. The maximum absolute atomic E-state index is 11.5. The van der Waals surface area contributed by atoms with Gasteiger partial charge in [-0.2, -0.15) is 5.26 Å². The van der Waals surface area contributed by atoms with Gasteiger partial charge in [0.15, 0.2) is 0 Å². The minimum absolute atomic E-state index is 0.0286. The van der Waals surface area contributed by atoms with Gasteiger partial charge in [-0.3, -0.25) is 4.79 Å². The fourth-order valence-electron chi connectivity index (χ4n) is 1.16. The Morgan fingerprint density at radius 3 is 2.77 bits per heavy atom. The number of halogens is 1. The van der Waals surface area contributed by atoms with Crippen LogP contribution in [0.1, 0.15) is 26.2 Å². The van der Waals surface area contributed by atoms with Gasteiger partial charge in [0.1, 0.15) is 4.32 Å². The number of nitrogens with one attached hydrogen (secondary N) is 1. The van der Waals surface area contributed by atoms with Gasteiger partial charge in [0.25, 0.3) is 0 Å². The SMILES string of the molecule is CC(C#N)CNC(=O)C1(Br)CCC1. The number of rotatable bonds is 3. The average Bonchev–Trinajstić information content (AvgIpc) is 2.09. The molecule has 0 aromatic heterocycles. The summed E-state index contributed by atoms with van der Waals surface area (Å²) in [5.41, 5.74) is 0. The molecule has 0 aromatic rings. The molecule has 0 radical (unpaired) electrons. The van der Waals surface area contributed by atoms with Crippen molar-refractivity contribution >= 4 is 21.8 Å². The molecule has 1 unspecified atom stereocenters. The quantitative estimate of drug-likeness (QED) is 0.767. The first-order valence-electron chi connectivity index (χ1n) is 4.45. The Balaban J connectivity index is 2.30. The third-order valence-corrected chi connectivity index (χ3v) is 3.50. The van der Waals surface area contributed by atoms with E-state index >= 15 is 0 Å². The van der Waals surface area contributed by atoms with E-state index in [1.54, 1.807) is 6.92 Å². The first-order chi connectivity index (χ1) is 6.08. The van der Waals surface area contributed by atoms with Crippen LogP contribution in [-0.4, -0.2) is 16.8 Å². The highest BCUT2D eigenvalue weighted by atomic mass is 79.9. The topological polar surface area (TPSA) is 52.9 Å². The lowest BCUT2D eigenvalue weighted by molar-refractivity contribution is -0.125. The highest BCUT2D eigenvalue weighted by molar-refractivity contribution is 9.10. The maximum atomic E-state index is 11.5. The summed E-state index contributed by atoms with van der Waals surface area (Å²) in [5.74, 6) is -0.0824. The van der Waals surface area contributed by atoms with Gasteiger partial charge in [-0.1, -0.05) is 15.9 Å². The zero-order valence-electron chi connectivity index (χ0n) is 7.64. The van der Waals surface area contributed by atoms with Gasteiger partial charge in [-0.05, 0) is 26.2 Å². The van der Waals surface area contributed by atoms with E-state index < -0.39 is 0 Å². The second-order valence-electron chi connectivity index (χ2n) is 3.56. The van der Waals surface area contributed by atoms with Crippen LogP contribution in [0.4, 0.5) is 0 Å². The van der Waals surface area contributed by atoms with Gasteiger partial charge in [-0.15, -0.1) is 0 Å². The van der Waals surface area contributed by atoms with E-state index in [2.05, 4.69) is 27.3 Å². The van der Waals surface area contributed by atoms with Crippen LogP contribution >= 0.6 is 15.9 Å². The summed E-state index contributed by atoms with van der Waals surface area (Å²) in [5, 5.41) is 11.3. The van der Waals surface area contributed by atoms with Crippen molar-refractivity contribution in [1.82, 2.24) is 5.32 Å². The molecule has 1 N–H and O–H groups in total. The molecule has 1 fully saturated rings. The molecular weight excluding hydrogens is 232 g/mol. The lowest BCUT2D eigenvalue weighted by Crippen LogP contribution is -2.47. The number of hydrogen-bond donors (Lipinski definition) is 1. The number of nitrogens with zero attached hydrogens (tertiary/aromatic N) is 1. The summed E-state index contributed by atoms with van der Waals surface area (Å²) in [4.78, 5) is 11.5. The van der Waals surface area contributed by atoms with Crippen molar-refractivity contribution in [2.75, 3.05) is 6.54 Å². The Morgan fingerprint density at radius 2 is 2.38 bits per heavy atom. The summed E-state index contributed by atoms with van der Waals surface area (Å²) in [6.07, 6.45) is 2.91. The zero-order valence-corrected chi connectivity index (χ0v) is 9.23. The van der Waals surface area contributed by atoms with E-state index in [0.717, 1.165) is 19.3 Å². The minimum atomic E-state index is -0.331. The molecule has 0 aromatic carbocycles. The predicted molar refractivity (Wildman–Crippen MR) is 53.3 cm³/mol. The van der Waals surface area contributed by atoms with Crippen molar-refractivity contribution in [2.24, 2.45) is 5.92 Å². The third-order valence-electron chi connectivity index (χ3n) is 2.34. The van der Waals surface area contributed by atoms with Crippen LogP contribution < -0.4 is 5.32 Å². The Morgan fingerprint density at radius 1 is 1.77 bits per heavy atom. The average molecular weight is 245 g/mol. The van der Waals surface area contributed by atoms with Crippen molar-refractivity contribution in [1.29, 1.82) is 5.26 Å². The van der Waals surface area contributed by atoms with Crippen LogP contribution in [0, 0.1) is 17.2 Å². The van der Waals surface area contributed by atoms with Gasteiger partial charge >= 0.3 is 0 Å². The molecule has 72 valence electrons. The molecule has 1 amide bonds. The van der Waals surface area contributed by atoms with Crippen LogP contribution in [-0.2, 0) is 4.79 Å². The van der Waals surface area contributed by atoms with Crippen LogP contribution in [0.2, 0.25) is 0 Å². The highest BCUT2D eigenvalue weighted by Crippen LogP contribution is 2.40. The van der Waals surface area contributed by atoms with Crippen molar-refractivity contribution in [3.05, 3.63) is 0 Å². The molecule has 0 aliphatic heterocycles. The lowest BCUT2D eigenvalue weighted by atomic mass is 9.84. The van der Waals surface area contributed by atoms with Gasteiger partial charge < -0.3 is 5.32 Å². The Hall–Kier alpha value is -0.560. The Bertz CT molecular complexity index is 242. The molecule has 1 atom stereocenters. The second kappa shape index (κ2) is 4.10. The fourth-order valence-corrected chi connectivity index (χ4v) is 1.87. The Labute approximate surface area is 86.6 Å². The zero-order chi connectivity index (χ0) is 9.90. The van der Waals surface area contributed by atoms with Gasteiger partial charge in [-0.25, -0.2) is 0 Å². The standard InChI is InChI=1S/C9H13BrN2O/c1-7(5-11)6-12-8(13)9(10)3-2-4-9/h7H,2-4,6H2,1H3,(H,12,13). The first-order valence-corrected chi connectivity index (χ1v) is 5.24. The van der Waals surface area contributed by atoms with E-state index in [9.17, 15) is 4.79 Å². The molecule has 1 aliphatic carbocycles. The molecule has 1 saturated carbocycles. The predicted octanol–water partition coefficient (Wildman–Crippen LogP) is 1.58. The number of nitriles is 1. The molecule has 4 heteroatoms. The smallest absolute Gasteiger partial charge is 0.236 e. The van der Waals surface area contributed by atoms with E-state index in [1.807, 2.05) is 0 Å².